The molecule has 0 spiro atoms. The molecule has 1 heterocycles. The van der Waals surface area contributed by atoms with Gasteiger partial charge in [0.25, 0.3) is 0 Å². The van der Waals surface area contributed by atoms with Gasteiger partial charge in [0.2, 0.25) is 0 Å². The SMILES string of the molecule is CC(C)CCN1CCCC(C(N)=S)C1. The molecule has 14 heavy (non-hydrogen) atoms. The van der Waals surface area contributed by atoms with Gasteiger partial charge in [0.1, 0.15) is 0 Å². The number of thiocarbonyl (C=S) groups is 1. The molecule has 0 bridgehead atoms. The number of hydrogen-bond acceptors (Lipinski definition) is 2. The molecule has 0 aromatic rings. The summed E-state index contributed by atoms with van der Waals surface area (Å²) in [5, 5.41) is 0. The van der Waals surface area contributed by atoms with E-state index in [1.165, 1.54) is 32.4 Å². The minimum Gasteiger partial charge on any atom is -0.393 e. The van der Waals surface area contributed by atoms with Crippen LogP contribution in [0.5, 0.6) is 0 Å². The molecule has 2 N–H and O–H groups in total. The van der Waals surface area contributed by atoms with Gasteiger partial charge in [-0.15, -0.1) is 0 Å². The van der Waals surface area contributed by atoms with Gasteiger partial charge in [0, 0.05) is 12.5 Å². The Hall–Kier alpha value is -0.150. The van der Waals surface area contributed by atoms with Crippen molar-refractivity contribution in [3.8, 4) is 0 Å². The Morgan fingerprint density at radius 3 is 2.86 bits per heavy atom. The molecule has 1 unspecified atom stereocenters. The zero-order chi connectivity index (χ0) is 10.6. The van der Waals surface area contributed by atoms with Crippen LogP contribution in [0, 0.1) is 11.8 Å². The van der Waals surface area contributed by atoms with E-state index in [4.69, 9.17) is 18.0 Å². The molecule has 0 radical (unpaired) electrons. The van der Waals surface area contributed by atoms with Crippen LogP contribution in [0.1, 0.15) is 33.1 Å². The summed E-state index contributed by atoms with van der Waals surface area (Å²) in [6, 6.07) is 0. The lowest BCUT2D eigenvalue weighted by Crippen LogP contribution is -2.41. The molecule has 1 aliphatic heterocycles. The Morgan fingerprint density at radius 2 is 2.29 bits per heavy atom. The van der Waals surface area contributed by atoms with Gasteiger partial charge in [0.05, 0.1) is 4.99 Å². The Bertz CT molecular complexity index is 192. The molecule has 1 rings (SSSR count). The molecule has 1 aliphatic rings. The second kappa shape index (κ2) is 5.66. The second-order valence-corrected chi connectivity index (χ2v) is 5.20. The summed E-state index contributed by atoms with van der Waals surface area (Å²) in [5.41, 5.74) is 5.69. The van der Waals surface area contributed by atoms with Gasteiger partial charge in [-0.05, 0) is 38.3 Å². The standard InChI is InChI=1S/C11H22N2S/c1-9(2)5-7-13-6-3-4-10(8-13)11(12)14/h9-10H,3-8H2,1-2H3,(H2,12,14). The first-order chi connectivity index (χ1) is 6.59. The second-order valence-electron chi connectivity index (χ2n) is 4.72. The average Bonchev–Trinajstić information content (AvgIpc) is 2.15. The highest BCUT2D eigenvalue weighted by Gasteiger charge is 2.21. The first-order valence-electron chi connectivity index (χ1n) is 5.61. The average molecular weight is 214 g/mol. The smallest absolute Gasteiger partial charge is 0.0771 e. The summed E-state index contributed by atoms with van der Waals surface area (Å²) < 4.78 is 0. The van der Waals surface area contributed by atoms with E-state index in [0.717, 1.165) is 12.5 Å². The van der Waals surface area contributed by atoms with Crippen LogP contribution in [0.25, 0.3) is 0 Å². The van der Waals surface area contributed by atoms with Crippen molar-refractivity contribution >= 4 is 17.2 Å². The van der Waals surface area contributed by atoms with E-state index in [-0.39, 0.29) is 0 Å². The molecule has 1 saturated heterocycles. The summed E-state index contributed by atoms with van der Waals surface area (Å²) in [4.78, 5) is 3.21. The van der Waals surface area contributed by atoms with Gasteiger partial charge in [-0.1, -0.05) is 26.1 Å². The van der Waals surface area contributed by atoms with Crippen LogP contribution < -0.4 is 5.73 Å². The van der Waals surface area contributed by atoms with E-state index in [1.807, 2.05) is 0 Å². The predicted molar refractivity (Wildman–Crippen MR) is 65.4 cm³/mol. The maximum Gasteiger partial charge on any atom is 0.0771 e. The Balaban J connectivity index is 2.29. The summed E-state index contributed by atoms with van der Waals surface area (Å²) in [6.45, 7) is 8.06. The lowest BCUT2D eigenvalue weighted by atomic mass is 9.97. The van der Waals surface area contributed by atoms with Gasteiger partial charge in [-0.25, -0.2) is 0 Å². The fourth-order valence-electron chi connectivity index (χ4n) is 1.93. The normalized spacial score (nSPS) is 24.1. The third kappa shape index (κ3) is 3.93. The van der Waals surface area contributed by atoms with Gasteiger partial charge in [-0.2, -0.15) is 0 Å². The van der Waals surface area contributed by atoms with E-state index in [9.17, 15) is 0 Å². The lowest BCUT2D eigenvalue weighted by Gasteiger charge is -2.32. The highest BCUT2D eigenvalue weighted by molar-refractivity contribution is 7.80. The first-order valence-corrected chi connectivity index (χ1v) is 6.02. The summed E-state index contributed by atoms with van der Waals surface area (Å²) in [7, 11) is 0. The van der Waals surface area contributed by atoms with Crippen molar-refractivity contribution in [2.45, 2.75) is 33.1 Å². The van der Waals surface area contributed by atoms with E-state index in [1.54, 1.807) is 0 Å². The molecular formula is C11H22N2S. The quantitative estimate of drug-likeness (QED) is 0.726. The van der Waals surface area contributed by atoms with Crippen LogP contribution >= 0.6 is 12.2 Å². The van der Waals surface area contributed by atoms with Crippen LogP contribution in [0.2, 0.25) is 0 Å². The van der Waals surface area contributed by atoms with Crippen molar-refractivity contribution in [3.05, 3.63) is 0 Å². The molecule has 0 aliphatic carbocycles. The molecule has 0 saturated carbocycles. The van der Waals surface area contributed by atoms with Gasteiger partial charge in [0.15, 0.2) is 0 Å². The number of likely N-dealkylation sites (tertiary alicyclic amines) is 1. The Morgan fingerprint density at radius 1 is 1.57 bits per heavy atom. The topological polar surface area (TPSA) is 29.3 Å². The minimum atomic E-state index is 0.464. The fourth-order valence-corrected chi connectivity index (χ4v) is 2.12. The fraction of sp³-hybridized carbons (Fsp3) is 0.909. The highest BCUT2D eigenvalue weighted by Crippen LogP contribution is 2.17. The zero-order valence-corrected chi connectivity index (χ0v) is 10.1. The molecular weight excluding hydrogens is 192 g/mol. The molecule has 1 fully saturated rings. The van der Waals surface area contributed by atoms with E-state index in [2.05, 4.69) is 18.7 Å². The third-order valence-electron chi connectivity index (χ3n) is 2.93. The lowest BCUT2D eigenvalue weighted by molar-refractivity contribution is 0.195. The summed E-state index contributed by atoms with van der Waals surface area (Å²) in [5.74, 6) is 1.26. The van der Waals surface area contributed by atoms with Crippen LogP contribution in [-0.4, -0.2) is 29.5 Å². The largest absolute Gasteiger partial charge is 0.393 e. The number of hydrogen-bond donors (Lipinski definition) is 1. The summed E-state index contributed by atoms with van der Waals surface area (Å²) >= 11 is 5.06. The van der Waals surface area contributed by atoms with Gasteiger partial charge in [-0.3, -0.25) is 0 Å². The molecule has 3 heteroatoms. The van der Waals surface area contributed by atoms with Crippen LogP contribution in [0.4, 0.5) is 0 Å². The molecule has 0 amide bonds. The predicted octanol–water partition coefficient (Wildman–Crippen LogP) is 2.03. The summed E-state index contributed by atoms with van der Waals surface area (Å²) in [6.07, 6.45) is 3.72. The van der Waals surface area contributed by atoms with Crippen molar-refractivity contribution in [1.82, 2.24) is 4.90 Å². The first kappa shape index (κ1) is 11.9. The van der Waals surface area contributed by atoms with Crippen molar-refractivity contribution in [1.29, 1.82) is 0 Å². The van der Waals surface area contributed by atoms with Crippen molar-refractivity contribution in [2.75, 3.05) is 19.6 Å². The Kier molecular flexibility index (Phi) is 4.82. The van der Waals surface area contributed by atoms with Gasteiger partial charge >= 0.3 is 0 Å². The molecule has 82 valence electrons. The van der Waals surface area contributed by atoms with E-state index in [0.29, 0.717) is 10.9 Å². The molecule has 0 aromatic carbocycles. The number of nitrogens with two attached hydrogens (primary N) is 1. The number of nitrogens with zero attached hydrogens (tertiary/aromatic N) is 1. The van der Waals surface area contributed by atoms with Crippen LogP contribution in [-0.2, 0) is 0 Å². The molecule has 2 nitrogen and oxygen atoms in total. The van der Waals surface area contributed by atoms with E-state index < -0.39 is 0 Å². The third-order valence-corrected chi connectivity index (χ3v) is 3.26. The van der Waals surface area contributed by atoms with E-state index >= 15 is 0 Å². The Labute approximate surface area is 92.8 Å². The van der Waals surface area contributed by atoms with Crippen LogP contribution in [0.15, 0.2) is 0 Å². The maximum atomic E-state index is 5.69. The minimum absolute atomic E-state index is 0.464. The number of rotatable bonds is 4. The van der Waals surface area contributed by atoms with Crippen molar-refractivity contribution in [2.24, 2.45) is 17.6 Å². The zero-order valence-electron chi connectivity index (χ0n) is 9.33. The molecule has 0 aromatic heterocycles. The highest BCUT2D eigenvalue weighted by atomic mass is 32.1. The number of piperidine rings is 1. The molecule has 1 atom stereocenters. The van der Waals surface area contributed by atoms with Gasteiger partial charge < -0.3 is 10.6 Å². The maximum absolute atomic E-state index is 5.69. The van der Waals surface area contributed by atoms with Crippen molar-refractivity contribution in [3.63, 3.8) is 0 Å². The van der Waals surface area contributed by atoms with Crippen LogP contribution in [0.3, 0.4) is 0 Å². The van der Waals surface area contributed by atoms with Crippen molar-refractivity contribution < 1.29 is 0 Å². The monoisotopic (exact) mass is 214 g/mol.